The Balaban J connectivity index is 1.78. The van der Waals surface area contributed by atoms with Gasteiger partial charge in [0.25, 0.3) is 11.8 Å². The van der Waals surface area contributed by atoms with Gasteiger partial charge in [0.15, 0.2) is 6.61 Å². The van der Waals surface area contributed by atoms with E-state index in [1.807, 2.05) is 6.92 Å². The molecule has 2 amide bonds. The lowest BCUT2D eigenvalue weighted by molar-refractivity contribution is -0.147. The number of hydrogen-bond donors (Lipinski definition) is 0. The van der Waals surface area contributed by atoms with Crippen LogP contribution in [0, 0.1) is 0 Å². The second kappa shape index (κ2) is 8.89. The van der Waals surface area contributed by atoms with Crippen LogP contribution < -0.4 is 4.74 Å². The molecule has 1 aromatic rings. The van der Waals surface area contributed by atoms with Gasteiger partial charge >= 0.3 is 0 Å². The number of amides is 2. The molecule has 2 rings (SSSR count). The van der Waals surface area contributed by atoms with Crippen LogP contribution in [-0.4, -0.2) is 67.6 Å². The highest BCUT2D eigenvalue weighted by molar-refractivity contribution is 6.30. The van der Waals surface area contributed by atoms with Crippen molar-refractivity contribution in [2.75, 3.05) is 39.9 Å². The summed E-state index contributed by atoms with van der Waals surface area (Å²) < 4.78 is 10.7. The lowest BCUT2D eigenvalue weighted by Gasteiger charge is -2.36. The molecule has 0 bridgehead atoms. The highest BCUT2D eigenvalue weighted by Gasteiger charge is 2.28. The predicted molar refractivity (Wildman–Crippen MR) is 91.2 cm³/mol. The van der Waals surface area contributed by atoms with E-state index in [1.165, 1.54) is 0 Å². The number of methoxy groups -OCH3 is 1. The van der Waals surface area contributed by atoms with E-state index in [0.29, 0.717) is 43.4 Å². The maximum Gasteiger partial charge on any atom is 0.260 e. The molecule has 0 spiro atoms. The molecule has 24 heavy (non-hydrogen) atoms. The van der Waals surface area contributed by atoms with E-state index >= 15 is 0 Å². The van der Waals surface area contributed by atoms with E-state index in [4.69, 9.17) is 21.1 Å². The topological polar surface area (TPSA) is 59.1 Å². The number of halogens is 1. The van der Waals surface area contributed by atoms with Crippen LogP contribution >= 0.6 is 11.6 Å². The minimum Gasteiger partial charge on any atom is -0.484 e. The summed E-state index contributed by atoms with van der Waals surface area (Å²) in [6.45, 7) is 3.95. The zero-order valence-electron chi connectivity index (χ0n) is 14.0. The minimum absolute atomic E-state index is 0.00971. The predicted octanol–water partition coefficient (Wildman–Crippen LogP) is 1.81. The first kappa shape index (κ1) is 18.5. The summed E-state index contributed by atoms with van der Waals surface area (Å²) in [5, 5.41) is 0.621. The van der Waals surface area contributed by atoms with Crippen molar-refractivity contribution in [2.24, 2.45) is 0 Å². The Morgan fingerprint density at radius 3 is 2.25 bits per heavy atom. The Hall–Kier alpha value is -1.79. The highest BCUT2D eigenvalue weighted by atomic mass is 35.5. The first-order chi connectivity index (χ1) is 11.5. The fourth-order valence-corrected chi connectivity index (χ4v) is 2.72. The lowest BCUT2D eigenvalue weighted by Crippen LogP contribution is -2.53. The molecule has 0 aliphatic carbocycles. The molecule has 7 heteroatoms. The van der Waals surface area contributed by atoms with Crippen LogP contribution in [0.2, 0.25) is 5.02 Å². The summed E-state index contributed by atoms with van der Waals surface area (Å²) in [7, 11) is 1.54. The third kappa shape index (κ3) is 4.85. The van der Waals surface area contributed by atoms with Gasteiger partial charge in [0.1, 0.15) is 11.9 Å². The maximum atomic E-state index is 12.2. The third-order valence-electron chi connectivity index (χ3n) is 4.05. The molecule has 1 saturated heterocycles. The van der Waals surface area contributed by atoms with Crippen molar-refractivity contribution >= 4 is 23.4 Å². The van der Waals surface area contributed by atoms with Gasteiger partial charge in [0.2, 0.25) is 0 Å². The molecule has 0 saturated carbocycles. The van der Waals surface area contributed by atoms with Crippen molar-refractivity contribution in [3.05, 3.63) is 29.3 Å². The van der Waals surface area contributed by atoms with Gasteiger partial charge in [0, 0.05) is 38.3 Å². The Bertz CT molecular complexity index is 552. The Kier molecular flexibility index (Phi) is 6.87. The van der Waals surface area contributed by atoms with Gasteiger partial charge in [-0.3, -0.25) is 9.59 Å². The molecule has 0 aromatic heterocycles. The SMILES string of the molecule is CCC(OC)C(=O)N1CCN(C(=O)COc2ccc(Cl)cc2)CC1. The van der Waals surface area contributed by atoms with E-state index < -0.39 is 6.10 Å². The van der Waals surface area contributed by atoms with Crippen molar-refractivity contribution in [3.8, 4) is 5.75 Å². The van der Waals surface area contributed by atoms with E-state index in [0.717, 1.165) is 0 Å². The minimum atomic E-state index is -0.402. The Labute approximate surface area is 147 Å². The molecule has 1 aliphatic rings. The van der Waals surface area contributed by atoms with Crippen LogP contribution in [0.5, 0.6) is 5.75 Å². The van der Waals surface area contributed by atoms with Crippen LogP contribution in [0.4, 0.5) is 0 Å². The van der Waals surface area contributed by atoms with Crippen LogP contribution in [0.25, 0.3) is 0 Å². The van der Waals surface area contributed by atoms with E-state index in [2.05, 4.69) is 0 Å². The first-order valence-electron chi connectivity index (χ1n) is 8.03. The van der Waals surface area contributed by atoms with Gasteiger partial charge in [-0.1, -0.05) is 18.5 Å². The number of rotatable bonds is 6. The quantitative estimate of drug-likeness (QED) is 0.781. The van der Waals surface area contributed by atoms with Gasteiger partial charge in [-0.2, -0.15) is 0 Å². The molecule has 6 nitrogen and oxygen atoms in total. The molecule has 1 heterocycles. The first-order valence-corrected chi connectivity index (χ1v) is 8.40. The third-order valence-corrected chi connectivity index (χ3v) is 4.30. The number of carbonyl (C=O) groups excluding carboxylic acids is 2. The molecule has 0 N–H and O–H groups in total. The molecule has 1 unspecified atom stereocenters. The molecular weight excluding hydrogens is 332 g/mol. The second-order valence-corrected chi connectivity index (χ2v) is 6.02. The average molecular weight is 355 g/mol. The van der Waals surface area contributed by atoms with Crippen molar-refractivity contribution in [1.82, 2.24) is 9.80 Å². The van der Waals surface area contributed by atoms with Crippen LogP contribution in [0.1, 0.15) is 13.3 Å². The Morgan fingerprint density at radius 2 is 1.71 bits per heavy atom. The van der Waals surface area contributed by atoms with Crippen molar-refractivity contribution in [2.45, 2.75) is 19.4 Å². The van der Waals surface area contributed by atoms with E-state index in [9.17, 15) is 9.59 Å². The van der Waals surface area contributed by atoms with Gasteiger partial charge in [-0.15, -0.1) is 0 Å². The zero-order valence-corrected chi connectivity index (χ0v) is 14.8. The van der Waals surface area contributed by atoms with Crippen LogP contribution in [0.3, 0.4) is 0 Å². The zero-order chi connectivity index (χ0) is 17.5. The van der Waals surface area contributed by atoms with Crippen LogP contribution in [0.15, 0.2) is 24.3 Å². The largest absolute Gasteiger partial charge is 0.484 e. The number of ether oxygens (including phenoxy) is 2. The smallest absolute Gasteiger partial charge is 0.260 e. The number of benzene rings is 1. The van der Waals surface area contributed by atoms with Gasteiger partial charge in [-0.25, -0.2) is 0 Å². The standard InChI is InChI=1S/C17H23ClN2O4/c1-3-15(23-2)17(22)20-10-8-19(9-11-20)16(21)12-24-14-6-4-13(18)5-7-14/h4-7,15H,3,8-12H2,1-2H3. The molecule has 1 aromatic carbocycles. The fraction of sp³-hybridized carbons (Fsp3) is 0.529. The number of piperazine rings is 1. The van der Waals surface area contributed by atoms with Gasteiger partial charge < -0.3 is 19.3 Å². The summed E-state index contributed by atoms with van der Waals surface area (Å²) in [5.74, 6) is 0.507. The monoisotopic (exact) mass is 354 g/mol. The van der Waals surface area contributed by atoms with E-state index in [-0.39, 0.29) is 18.4 Å². The van der Waals surface area contributed by atoms with Crippen molar-refractivity contribution in [3.63, 3.8) is 0 Å². The summed E-state index contributed by atoms with van der Waals surface area (Å²) >= 11 is 5.81. The number of carbonyl (C=O) groups is 2. The van der Waals surface area contributed by atoms with Crippen molar-refractivity contribution in [1.29, 1.82) is 0 Å². The maximum absolute atomic E-state index is 12.2. The highest BCUT2D eigenvalue weighted by Crippen LogP contribution is 2.15. The van der Waals surface area contributed by atoms with E-state index in [1.54, 1.807) is 41.2 Å². The summed E-state index contributed by atoms with van der Waals surface area (Å²) in [5.41, 5.74) is 0. The average Bonchev–Trinajstić information content (AvgIpc) is 2.62. The second-order valence-electron chi connectivity index (χ2n) is 5.58. The summed E-state index contributed by atoms with van der Waals surface area (Å²) in [4.78, 5) is 27.9. The van der Waals surface area contributed by atoms with Crippen LogP contribution in [-0.2, 0) is 14.3 Å². The number of nitrogens with zero attached hydrogens (tertiary/aromatic N) is 2. The lowest BCUT2D eigenvalue weighted by atomic mass is 10.2. The Morgan fingerprint density at radius 1 is 1.12 bits per heavy atom. The fourth-order valence-electron chi connectivity index (χ4n) is 2.59. The molecule has 0 radical (unpaired) electrons. The van der Waals surface area contributed by atoms with Crippen molar-refractivity contribution < 1.29 is 19.1 Å². The molecule has 132 valence electrons. The number of hydrogen-bond acceptors (Lipinski definition) is 4. The molecule has 1 aliphatic heterocycles. The van der Waals surface area contributed by atoms with Gasteiger partial charge in [-0.05, 0) is 30.7 Å². The molecular formula is C17H23ClN2O4. The molecule has 1 fully saturated rings. The summed E-state index contributed by atoms with van der Waals surface area (Å²) in [6, 6.07) is 6.88. The normalized spacial score (nSPS) is 16.0. The molecule has 1 atom stereocenters. The summed E-state index contributed by atoms with van der Waals surface area (Å²) in [6.07, 6.45) is 0.240. The van der Waals surface area contributed by atoms with Gasteiger partial charge in [0.05, 0.1) is 0 Å².